The van der Waals surface area contributed by atoms with Gasteiger partial charge in [0.2, 0.25) is 0 Å². The Morgan fingerprint density at radius 1 is 0.974 bits per heavy atom. The molecule has 214 valence electrons. The Hall–Kier alpha value is -1.40. The zero-order valence-electron chi connectivity index (χ0n) is 24.8. The molecule has 0 saturated heterocycles. The minimum absolute atomic E-state index is 0.0344. The van der Waals surface area contributed by atoms with Crippen molar-refractivity contribution in [3.63, 3.8) is 0 Å². The van der Waals surface area contributed by atoms with Gasteiger partial charge in [0, 0.05) is 12.8 Å². The van der Waals surface area contributed by atoms with Crippen molar-refractivity contribution >= 4 is 11.9 Å². The number of rotatable bonds is 2. The maximum atomic E-state index is 12.9. The molecule has 0 heterocycles. The number of carbonyl (C=O) groups excluding carboxylic acids is 1. The lowest BCUT2D eigenvalue weighted by molar-refractivity contribution is -0.241. The van der Waals surface area contributed by atoms with Crippen LogP contribution in [-0.2, 0) is 14.3 Å². The second-order valence-corrected chi connectivity index (χ2v) is 15.5. The molecular weight excluding hydrogens is 480 g/mol. The topological polar surface area (TPSA) is 104 Å². The minimum Gasteiger partial charge on any atom is -0.481 e. The third-order valence-electron chi connectivity index (χ3n) is 13.7. The first kappa shape index (κ1) is 28.1. The number of carboxylic acids is 1. The molecule has 11 atom stereocenters. The first-order valence-electron chi connectivity index (χ1n) is 14.9. The van der Waals surface area contributed by atoms with Gasteiger partial charge in [-0.15, -0.1) is 0 Å². The molecule has 4 fully saturated rings. The number of hydrogen-bond donors (Lipinski definition) is 3. The summed E-state index contributed by atoms with van der Waals surface area (Å²) in [5.74, 6) is -0.880. The van der Waals surface area contributed by atoms with Crippen LogP contribution in [0.4, 0.5) is 0 Å². The minimum atomic E-state index is -1.08. The maximum absolute atomic E-state index is 12.9. The summed E-state index contributed by atoms with van der Waals surface area (Å²) in [6.07, 6.45) is 7.28. The van der Waals surface area contributed by atoms with Gasteiger partial charge in [0.25, 0.3) is 0 Å². The smallest absolute Gasteiger partial charge is 0.310 e. The van der Waals surface area contributed by atoms with Gasteiger partial charge in [0.1, 0.15) is 6.10 Å². The van der Waals surface area contributed by atoms with Gasteiger partial charge >= 0.3 is 11.9 Å². The lowest BCUT2D eigenvalue weighted by atomic mass is 9.33. The van der Waals surface area contributed by atoms with Gasteiger partial charge in [0.15, 0.2) is 0 Å². The van der Waals surface area contributed by atoms with E-state index in [1.165, 1.54) is 12.5 Å². The van der Waals surface area contributed by atoms with Crippen molar-refractivity contribution < 1.29 is 29.6 Å². The van der Waals surface area contributed by atoms with Crippen LogP contribution in [0.25, 0.3) is 0 Å². The number of carboxylic acid groups (broad SMARTS) is 1. The summed E-state index contributed by atoms with van der Waals surface area (Å²) >= 11 is 0. The molecule has 0 aromatic heterocycles. The van der Waals surface area contributed by atoms with E-state index in [9.17, 15) is 24.9 Å². The molecule has 0 amide bonds. The van der Waals surface area contributed by atoms with Crippen LogP contribution in [0.15, 0.2) is 11.6 Å². The highest BCUT2D eigenvalue weighted by atomic mass is 16.6. The molecule has 38 heavy (non-hydrogen) atoms. The first-order chi connectivity index (χ1) is 17.4. The van der Waals surface area contributed by atoms with E-state index < -0.39 is 40.5 Å². The van der Waals surface area contributed by atoms with Gasteiger partial charge in [0.05, 0.1) is 17.1 Å². The van der Waals surface area contributed by atoms with Crippen LogP contribution in [0.1, 0.15) is 107 Å². The van der Waals surface area contributed by atoms with E-state index in [0.29, 0.717) is 25.2 Å². The van der Waals surface area contributed by atoms with Crippen molar-refractivity contribution in [3.05, 3.63) is 11.6 Å². The Morgan fingerprint density at radius 2 is 1.63 bits per heavy atom. The number of aliphatic hydroxyl groups excluding tert-OH is 1. The average molecular weight is 531 g/mol. The van der Waals surface area contributed by atoms with Crippen LogP contribution in [0, 0.1) is 50.7 Å². The zero-order valence-corrected chi connectivity index (χ0v) is 24.8. The third kappa shape index (κ3) is 3.31. The number of aliphatic carboxylic acids is 1. The van der Waals surface area contributed by atoms with Gasteiger partial charge in [-0.3, -0.25) is 9.59 Å². The summed E-state index contributed by atoms with van der Waals surface area (Å²) < 4.78 is 5.74. The highest BCUT2D eigenvalue weighted by molar-refractivity contribution is 5.77. The molecule has 6 heteroatoms. The Morgan fingerprint density at radius 3 is 2.24 bits per heavy atom. The summed E-state index contributed by atoms with van der Waals surface area (Å²) in [5.41, 5.74) is -1.68. The van der Waals surface area contributed by atoms with E-state index in [2.05, 4.69) is 47.6 Å². The van der Waals surface area contributed by atoms with Crippen LogP contribution in [0.5, 0.6) is 0 Å². The molecule has 6 nitrogen and oxygen atoms in total. The predicted molar refractivity (Wildman–Crippen MR) is 145 cm³/mol. The van der Waals surface area contributed by atoms with Crippen LogP contribution < -0.4 is 0 Å². The van der Waals surface area contributed by atoms with Crippen LogP contribution in [-0.4, -0.2) is 45.1 Å². The van der Waals surface area contributed by atoms with Crippen LogP contribution >= 0.6 is 0 Å². The fourth-order valence-corrected chi connectivity index (χ4v) is 11.3. The number of fused-ring (bicyclic) bond motifs is 7. The van der Waals surface area contributed by atoms with Crippen molar-refractivity contribution in [1.82, 2.24) is 0 Å². The lowest BCUT2D eigenvalue weighted by Crippen LogP contribution is -2.69. The molecule has 5 rings (SSSR count). The zero-order chi connectivity index (χ0) is 28.3. The fourth-order valence-electron chi connectivity index (χ4n) is 11.3. The molecule has 1 unspecified atom stereocenters. The van der Waals surface area contributed by atoms with Crippen LogP contribution in [0.2, 0.25) is 0 Å². The molecule has 0 aromatic carbocycles. The van der Waals surface area contributed by atoms with Gasteiger partial charge < -0.3 is 20.1 Å². The first-order valence-corrected chi connectivity index (χ1v) is 14.9. The van der Waals surface area contributed by atoms with Crippen molar-refractivity contribution in [3.8, 4) is 0 Å². The quantitative estimate of drug-likeness (QED) is 0.310. The highest BCUT2D eigenvalue weighted by Crippen LogP contribution is 2.76. The molecule has 5 aliphatic rings. The largest absolute Gasteiger partial charge is 0.481 e. The monoisotopic (exact) mass is 530 g/mol. The summed E-state index contributed by atoms with van der Waals surface area (Å²) in [5, 5.41) is 33.9. The number of esters is 1. The standard InChI is InChI=1S/C32H50O6/c1-18-11-14-32(26(35)36)16-15-29(6)20(24(32)31(18,8)37)9-10-23-28(5)17-21(38-19(2)33)25(34)27(3,4)22(28)12-13-30(23,29)7/h9,18,21-25,34,37H,10-17H2,1-8H3,(H,35,36)/t18-,21-,22?,23-,24+,25+,28+,29-,30-,31-,32+/m1/s1. The normalized spacial score (nSPS) is 53.4. The Bertz CT molecular complexity index is 1060. The number of carbonyl (C=O) groups is 2. The lowest BCUT2D eigenvalue weighted by Gasteiger charge is -2.72. The number of hydrogen-bond acceptors (Lipinski definition) is 5. The Kier molecular flexibility index (Phi) is 6.16. The van der Waals surface area contributed by atoms with Crippen LogP contribution in [0.3, 0.4) is 0 Å². The molecular formula is C32H50O6. The SMILES string of the molecule is CC(=O)O[C@@H]1C[C@@]2(C)C(CC[C@]3(C)[C@@H]2CC=C2[C@@H]4[C@](C(=O)O)(CC[C@@H](C)[C@@]4(C)O)CC[C@]23C)C(C)(C)[C@H]1O. The third-order valence-corrected chi connectivity index (χ3v) is 13.7. The van der Waals surface area contributed by atoms with Gasteiger partial charge in [-0.05, 0) is 97.7 Å². The van der Waals surface area contributed by atoms with Gasteiger partial charge in [-0.1, -0.05) is 53.2 Å². The van der Waals surface area contributed by atoms with Crippen molar-refractivity contribution in [2.45, 2.75) is 125 Å². The number of allylic oxidation sites excluding steroid dienone is 1. The van der Waals surface area contributed by atoms with E-state index in [4.69, 9.17) is 4.74 Å². The summed E-state index contributed by atoms with van der Waals surface area (Å²) in [7, 11) is 0. The van der Waals surface area contributed by atoms with Gasteiger partial charge in [-0.25, -0.2) is 0 Å². The molecule has 0 aromatic rings. The molecule has 0 bridgehead atoms. The second kappa shape index (κ2) is 8.31. The molecule has 3 N–H and O–H groups in total. The molecule has 0 aliphatic heterocycles. The van der Waals surface area contributed by atoms with E-state index in [1.54, 1.807) is 0 Å². The average Bonchev–Trinajstić information content (AvgIpc) is 2.79. The molecule has 0 radical (unpaired) electrons. The fraction of sp³-hybridized carbons (Fsp3) is 0.875. The Balaban J connectivity index is 1.63. The summed E-state index contributed by atoms with van der Waals surface area (Å²) in [6, 6.07) is 0. The molecule has 5 aliphatic carbocycles. The molecule has 4 saturated carbocycles. The number of ether oxygens (including phenoxy) is 1. The van der Waals surface area contributed by atoms with Gasteiger partial charge in [-0.2, -0.15) is 0 Å². The molecule has 0 spiro atoms. The van der Waals surface area contributed by atoms with E-state index >= 15 is 0 Å². The van der Waals surface area contributed by atoms with E-state index in [0.717, 1.165) is 32.1 Å². The Labute approximate surface area is 228 Å². The second-order valence-electron chi connectivity index (χ2n) is 15.5. The van der Waals surface area contributed by atoms with Crippen molar-refractivity contribution in [2.24, 2.45) is 50.7 Å². The highest BCUT2D eigenvalue weighted by Gasteiger charge is 2.72. The van der Waals surface area contributed by atoms with Crippen molar-refractivity contribution in [1.29, 1.82) is 0 Å². The predicted octanol–water partition coefficient (Wildman–Crippen LogP) is 5.75. The van der Waals surface area contributed by atoms with E-state index in [-0.39, 0.29) is 34.1 Å². The van der Waals surface area contributed by atoms with Crippen molar-refractivity contribution in [2.75, 3.05) is 0 Å². The van der Waals surface area contributed by atoms with E-state index in [1.807, 2.05) is 6.92 Å². The maximum Gasteiger partial charge on any atom is 0.310 e. The number of aliphatic hydroxyl groups is 2. The summed E-state index contributed by atoms with van der Waals surface area (Å²) in [4.78, 5) is 24.9. The summed E-state index contributed by atoms with van der Waals surface area (Å²) in [6.45, 7) is 16.8.